The molecule has 0 aliphatic carbocycles. The maximum absolute atomic E-state index is 14.6. The van der Waals surface area contributed by atoms with Gasteiger partial charge in [-0.25, -0.2) is 14.4 Å². The van der Waals surface area contributed by atoms with E-state index in [1.165, 1.54) is 24.0 Å². The average molecular weight is 450 g/mol. The lowest BCUT2D eigenvalue weighted by atomic mass is 10.1. The van der Waals surface area contributed by atoms with Crippen LogP contribution in [0, 0.1) is 12.7 Å². The quantitative estimate of drug-likeness (QED) is 0.603. The number of halogens is 4. The number of pyridine rings is 1. The number of hydrogen-bond acceptors (Lipinski definition) is 5. The fraction of sp³-hybridized carbons (Fsp3) is 0.300. The zero-order valence-corrected chi connectivity index (χ0v) is 16.9. The van der Waals surface area contributed by atoms with Gasteiger partial charge in [-0.15, -0.1) is 0 Å². The number of ether oxygens (including phenoxy) is 1. The lowest BCUT2D eigenvalue weighted by Gasteiger charge is -2.11. The molecule has 1 amide bonds. The molecule has 1 N–H and O–H groups in total. The van der Waals surface area contributed by atoms with E-state index < -0.39 is 30.1 Å². The molecule has 0 radical (unpaired) electrons. The minimum absolute atomic E-state index is 0.00727. The summed E-state index contributed by atoms with van der Waals surface area (Å²) in [6, 6.07) is 1.92. The molecule has 0 bridgehead atoms. The van der Waals surface area contributed by atoms with Crippen LogP contribution < -0.4 is 5.32 Å². The van der Waals surface area contributed by atoms with E-state index in [4.69, 9.17) is 4.74 Å². The second kappa shape index (κ2) is 8.54. The number of carbonyl (C=O) groups excluding carboxylic acids is 1. The van der Waals surface area contributed by atoms with Gasteiger partial charge in [0.15, 0.2) is 17.3 Å². The van der Waals surface area contributed by atoms with E-state index in [0.29, 0.717) is 25.3 Å². The Hall–Kier alpha value is -3.54. The van der Waals surface area contributed by atoms with Crippen LogP contribution in [0.15, 0.2) is 36.9 Å². The predicted octanol–water partition coefficient (Wildman–Crippen LogP) is 3.37. The number of aryl methyl sites for hydroxylation is 1. The number of rotatable bonds is 5. The Morgan fingerprint density at radius 2 is 2.09 bits per heavy atom. The Labute approximate surface area is 179 Å². The van der Waals surface area contributed by atoms with Crippen molar-refractivity contribution >= 4 is 17.2 Å². The highest BCUT2D eigenvalue weighted by Crippen LogP contribution is 2.28. The van der Waals surface area contributed by atoms with Gasteiger partial charge in [0.05, 0.1) is 30.8 Å². The molecule has 1 aliphatic rings. The standard InChI is InChI=1S/C20H18F4N6O2/c1-12-6-17(20(22,23)24)28-30(12)10-18(31)27-14-7-15(21)19(25-8-14)29-9-16(26-11-29)13-2-4-32-5-3-13/h2,6-9,11H,3-5,10H2,1H3,(H,27,31). The van der Waals surface area contributed by atoms with E-state index in [1.54, 1.807) is 6.20 Å². The number of carbonyl (C=O) groups is 1. The summed E-state index contributed by atoms with van der Waals surface area (Å²) in [5.74, 6) is -1.38. The Balaban J connectivity index is 1.45. The van der Waals surface area contributed by atoms with Crippen molar-refractivity contribution in [1.82, 2.24) is 24.3 Å². The molecule has 0 spiro atoms. The number of nitrogens with zero attached hydrogens (tertiary/aromatic N) is 5. The van der Waals surface area contributed by atoms with Gasteiger partial charge >= 0.3 is 6.18 Å². The number of nitrogens with one attached hydrogen (secondary N) is 1. The van der Waals surface area contributed by atoms with Crippen LogP contribution in [0.2, 0.25) is 0 Å². The van der Waals surface area contributed by atoms with Crippen molar-refractivity contribution in [1.29, 1.82) is 0 Å². The number of alkyl halides is 3. The fourth-order valence-corrected chi connectivity index (χ4v) is 3.20. The van der Waals surface area contributed by atoms with Gasteiger partial charge in [0.2, 0.25) is 5.91 Å². The summed E-state index contributed by atoms with van der Waals surface area (Å²) in [6.45, 7) is 2.03. The molecule has 0 atom stereocenters. The minimum atomic E-state index is -4.61. The van der Waals surface area contributed by atoms with Crippen molar-refractivity contribution in [2.75, 3.05) is 18.5 Å². The van der Waals surface area contributed by atoms with Gasteiger partial charge < -0.3 is 10.1 Å². The van der Waals surface area contributed by atoms with Crippen LogP contribution in [-0.4, -0.2) is 43.4 Å². The van der Waals surface area contributed by atoms with Gasteiger partial charge in [0.1, 0.15) is 12.9 Å². The van der Waals surface area contributed by atoms with E-state index in [-0.39, 0.29) is 17.2 Å². The highest BCUT2D eigenvalue weighted by atomic mass is 19.4. The molecular formula is C20H18F4N6O2. The predicted molar refractivity (Wildman–Crippen MR) is 105 cm³/mol. The molecule has 3 aromatic rings. The summed E-state index contributed by atoms with van der Waals surface area (Å²) >= 11 is 0. The molecule has 0 saturated carbocycles. The van der Waals surface area contributed by atoms with Gasteiger partial charge in [0.25, 0.3) is 0 Å². The van der Waals surface area contributed by atoms with E-state index in [2.05, 4.69) is 20.4 Å². The topological polar surface area (TPSA) is 86.9 Å². The van der Waals surface area contributed by atoms with E-state index in [0.717, 1.165) is 22.4 Å². The molecular weight excluding hydrogens is 432 g/mol. The normalized spacial score (nSPS) is 14.3. The monoisotopic (exact) mass is 450 g/mol. The first-order chi connectivity index (χ1) is 15.2. The van der Waals surface area contributed by atoms with Crippen LogP contribution >= 0.6 is 0 Å². The Morgan fingerprint density at radius 3 is 2.75 bits per heavy atom. The number of imidazole rings is 1. The SMILES string of the molecule is Cc1cc(C(F)(F)F)nn1CC(=O)Nc1cnc(-n2cnc(C3=CCOCC3)c2)c(F)c1. The number of aromatic nitrogens is 5. The first kappa shape index (κ1) is 21.7. The molecule has 32 heavy (non-hydrogen) atoms. The summed E-state index contributed by atoms with van der Waals surface area (Å²) in [7, 11) is 0. The van der Waals surface area contributed by atoms with Crippen molar-refractivity contribution in [3.8, 4) is 5.82 Å². The van der Waals surface area contributed by atoms with E-state index in [9.17, 15) is 22.4 Å². The summed E-state index contributed by atoms with van der Waals surface area (Å²) in [6.07, 6.45) is 2.36. The largest absolute Gasteiger partial charge is 0.435 e. The molecule has 3 aromatic heterocycles. The van der Waals surface area contributed by atoms with Gasteiger partial charge in [-0.1, -0.05) is 6.08 Å². The third kappa shape index (κ3) is 4.69. The highest BCUT2D eigenvalue weighted by molar-refractivity contribution is 5.90. The number of amides is 1. The Bertz CT molecular complexity index is 1180. The van der Waals surface area contributed by atoms with Crippen LogP contribution in [0.4, 0.5) is 23.2 Å². The number of anilines is 1. The third-order valence-corrected chi connectivity index (χ3v) is 4.79. The van der Waals surface area contributed by atoms with Gasteiger partial charge in [0, 0.05) is 18.0 Å². The lowest BCUT2D eigenvalue weighted by Crippen LogP contribution is -2.21. The van der Waals surface area contributed by atoms with Crippen molar-refractivity contribution < 1.29 is 27.1 Å². The maximum Gasteiger partial charge on any atom is 0.435 e. The molecule has 0 saturated heterocycles. The lowest BCUT2D eigenvalue weighted by molar-refractivity contribution is -0.141. The van der Waals surface area contributed by atoms with Crippen LogP contribution in [0.3, 0.4) is 0 Å². The Morgan fingerprint density at radius 1 is 1.28 bits per heavy atom. The van der Waals surface area contributed by atoms with E-state index in [1.807, 2.05) is 6.08 Å². The highest BCUT2D eigenvalue weighted by Gasteiger charge is 2.34. The first-order valence-electron chi connectivity index (χ1n) is 9.59. The zero-order chi connectivity index (χ0) is 22.9. The summed E-state index contributed by atoms with van der Waals surface area (Å²) < 4.78 is 60.5. The first-order valence-corrected chi connectivity index (χ1v) is 9.59. The second-order valence-electron chi connectivity index (χ2n) is 7.12. The van der Waals surface area contributed by atoms with Gasteiger partial charge in [-0.3, -0.25) is 14.0 Å². The minimum Gasteiger partial charge on any atom is -0.377 e. The number of hydrogen-bond donors (Lipinski definition) is 1. The van der Waals surface area contributed by atoms with Crippen molar-refractivity contribution in [2.45, 2.75) is 26.1 Å². The molecule has 12 heteroatoms. The average Bonchev–Trinajstić information content (AvgIpc) is 3.36. The molecule has 0 aromatic carbocycles. The van der Waals surface area contributed by atoms with E-state index >= 15 is 0 Å². The van der Waals surface area contributed by atoms with Crippen LogP contribution in [0.25, 0.3) is 11.4 Å². The van der Waals surface area contributed by atoms with Crippen molar-refractivity contribution in [3.63, 3.8) is 0 Å². The van der Waals surface area contributed by atoms with Crippen molar-refractivity contribution in [3.05, 3.63) is 59.8 Å². The van der Waals surface area contributed by atoms with Gasteiger partial charge in [-0.05, 0) is 25.0 Å². The van der Waals surface area contributed by atoms with Crippen LogP contribution in [0.5, 0.6) is 0 Å². The maximum atomic E-state index is 14.6. The molecule has 4 heterocycles. The smallest absolute Gasteiger partial charge is 0.377 e. The molecule has 8 nitrogen and oxygen atoms in total. The molecule has 0 unspecified atom stereocenters. The van der Waals surface area contributed by atoms with Crippen molar-refractivity contribution in [2.24, 2.45) is 0 Å². The van der Waals surface area contributed by atoms with Crippen LogP contribution in [-0.2, 0) is 22.3 Å². The summed E-state index contributed by atoms with van der Waals surface area (Å²) in [5.41, 5.74) is 0.838. The molecule has 168 valence electrons. The Kier molecular flexibility index (Phi) is 5.78. The molecule has 4 rings (SSSR count). The third-order valence-electron chi connectivity index (χ3n) is 4.79. The summed E-state index contributed by atoms with van der Waals surface area (Å²) in [5, 5.41) is 5.80. The molecule has 1 aliphatic heterocycles. The molecule has 0 fully saturated rings. The zero-order valence-electron chi connectivity index (χ0n) is 16.9. The summed E-state index contributed by atoms with van der Waals surface area (Å²) in [4.78, 5) is 20.5. The second-order valence-corrected chi connectivity index (χ2v) is 7.12. The van der Waals surface area contributed by atoms with Crippen LogP contribution in [0.1, 0.15) is 23.5 Å². The fourth-order valence-electron chi connectivity index (χ4n) is 3.20. The van der Waals surface area contributed by atoms with Gasteiger partial charge in [-0.2, -0.15) is 18.3 Å².